The molecule has 1 aromatic rings. The van der Waals surface area contributed by atoms with E-state index in [1.54, 1.807) is 17.0 Å². The van der Waals surface area contributed by atoms with Gasteiger partial charge in [0.15, 0.2) is 5.76 Å². The van der Waals surface area contributed by atoms with Crippen LogP contribution in [0.1, 0.15) is 30.3 Å². The summed E-state index contributed by atoms with van der Waals surface area (Å²) >= 11 is 0. The predicted molar refractivity (Wildman–Crippen MR) is 87.9 cm³/mol. The van der Waals surface area contributed by atoms with E-state index in [0.717, 1.165) is 6.42 Å². The van der Waals surface area contributed by atoms with Crippen molar-refractivity contribution in [3.63, 3.8) is 0 Å². The fourth-order valence-electron chi connectivity index (χ4n) is 2.49. The Morgan fingerprint density at radius 1 is 1.25 bits per heavy atom. The van der Waals surface area contributed by atoms with Gasteiger partial charge in [-0.15, -0.1) is 0 Å². The number of carbonyl (C=O) groups is 2. The van der Waals surface area contributed by atoms with Gasteiger partial charge >= 0.3 is 0 Å². The van der Waals surface area contributed by atoms with Gasteiger partial charge in [0.1, 0.15) is 0 Å². The average molecular weight is 357 g/mol. The molecule has 0 bridgehead atoms. The van der Waals surface area contributed by atoms with Crippen LogP contribution in [0.25, 0.3) is 0 Å². The van der Waals surface area contributed by atoms with Crippen molar-refractivity contribution in [2.75, 3.05) is 38.5 Å². The molecule has 0 radical (unpaired) electrons. The number of amides is 2. The summed E-state index contributed by atoms with van der Waals surface area (Å²) in [7, 11) is -3.44. The molecule has 8 nitrogen and oxygen atoms in total. The minimum Gasteiger partial charge on any atom is -0.459 e. The molecule has 1 saturated heterocycles. The Kier molecular flexibility index (Phi) is 6.38. The molecular weight excluding hydrogens is 334 g/mol. The molecule has 24 heavy (non-hydrogen) atoms. The van der Waals surface area contributed by atoms with E-state index < -0.39 is 10.0 Å². The van der Waals surface area contributed by atoms with Gasteiger partial charge in [0.2, 0.25) is 15.9 Å². The van der Waals surface area contributed by atoms with Crippen molar-refractivity contribution in [2.24, 2.45) is 0 Å². The summed E-state index contributed by atoms with van der Waals surface area (Å²) in [5.41, 5.74) is 0. The van der Waals surface area contributed by atoms with Crippen molar-refractivity contribution in [1.29, 1.82) is 0 Å². The van der Waals surface area contributed by atoms with Crippen molar-refractivity contribution >= 4 is 21.8 Å². The van der Waals surface area contributed by atoms with Crippen molar-refractivity contribution in [2.45, 2.75) is 19.8 Å². The second kappa shape index (κ2) is 8.29. The summed E-state index contributed by atoms with van der Waals surface area (Å²) in [6, 6.07) is 3.23. The fraction of sp³-hybridized carbons (Fsp3) is 0.600. The van der Waals surface area contributed by atoms with E-state index >= 15 is 0 Å². The van der Waals surface area contributed by atoms with Crippen LogP contribution >= 0.6 is 0 Å². The molecule has 0 aromatic carbocycles. The van der Waals surface area contributed by atoms with Gasteiger partial charge in [0, 0.05) is 39.1 Å². The minimum absolute atomic E-state index is 0.104. The van der Waals surface area contributed by atoms with Gasteiger partial charge in [0.05, 0.1) is 12.0 Å². The number of piperazine rings is 1. The summed E-state index contributed by atoms with van der Waals surface area (Å²) < 4.78 is 31.0. The van der Waals surface area contributed by atoms with Crippen LogP contribution in [0, 0.1) is 0 Å². The van der Waals surface area contributed by atoms with Crippen molar-refractivity contribution < 1.29 is 22.4 Å². The summed E-state index contributed by atoms with van der Waals surface area (Å²) in [5, 5.41) is 2.60. The van der Waals surface area contributed by atoms with Crippen LogP contribution in [0.15, 0.2) is 22.8 Å². The first-order chi connectivity index (χ1) is 11.4. The highest BCUT2D eigenvalue weighted by atomic mass is 32.2. The van der Waals surface area contributed by atoms with Gasteiger partial charge < -0.3 is 14.6 Å². The summed E-state index contributed by atoms with van der Waals surface area (Å²) in [5.74, 6) is -0.246. The SMILES string of the molecule is CCCC(=O)NCCS(=O)(=O)N1CCN(C(=O)c2ccco2)CC1. The molecule has 9 heteroatoms. The second-order valence-electron chi connectivity index (χ2n) is 5.58. The zero-order valence-electron chi connectivity index (χ0n) is 13.7. The smallest absolute Gasteiger partial charge is 0.289 e. The topological polar surface area (TPSA) is 99.9 Å². The number of nitrogens with zero attached hydrogens (tertiary/aromatic N) is 2. The lowest BCUT2D eigenvalue weighted by Crippen LogP contribution is -2.51. The third-order valence-electron chi connectivity index (χ3n) is 3.81. The van der Waals surface area contributed by atoms with Crippen LogP contribution in [-0.2, 0) is 14.8 Å². The molecule has 1 aromatic heterocycles. The number of furan rings is 1. The number of hydrogen-bond donors (Lipinski definition) is 1. The van der Waals surface area contributed by atoms with E-state index in [1.165, 1.54) is 10.6 Å². The molecule has 1 fully saturated rings. The van der Waals surface area contributed by atoms with Gasteiger partial charge in [-0.05, 0) is 18.6 Å². The normalized spacial score (nSPS) is 16.1. The van der Waals surface area contributed by atoms with Crippen molar-refractivity contribution in [1.82, 2.24) is 14.5 Å². The molecule has 1 aliphatic rings. The lowest BCUT2D eigenvalue weighted by atomic mass is 10.3. The van der Waals surface area contributed by atoms with Gasteiger partial charge in [-0.25, -0.2) is 8.42 Å². The number of nitrogens with one attached hydrogen (secondary N) is 1. The van der Waals surface area contributed by atoms with Crippen LogP contribution in [-0.4, -0.2) is 67.9 Å². The Morgan fingerprint density at radius 2 is 1.96 bits per heavy atom. The average Bonchev–Trinajstić information content (AvgIpc) is 3.09. The minimum atomic E-state index is -3.44. The van der Waals surface area contributed by atoms with E-state index in [-0.39, 0.29) is 43.0 Å². The Labute approximate surface area is 141 Å². The molecule has 2 rings (SSSR count). The lowest BCUT2D eigenvalue weighted by molar-refractivity contribution is -0.120. The van der Waals surface area contributed by atoms with Gasteiger partial charge in [-0.2, -0.15) is 4.31 Å². The Bertz CT molecular complexity index is 649. The van der Waals surface area contributed by atoms with Gasteiger partial charge in [-0.3, -0.25) is 9.59 Å². The Balaban J connectivity index is 1.80. The Hall–Kier alpha value is -1.87. The predicted octanol–water partition coefficient (Wildman–Crippen LogP) is 0.284. The van der Waals surface area contributed by atoms with Crippen molar-refractivity contribution in [3.05, 3.63) is 24.2 Å². The van der Waals surface area contributed by atoms with Crippen LogP contribution < -0.4 is 5.32 Å². The largest absolute Gasteiger partial charge is 0.459 e. The zero-order chi connectivity index (χ0) is 17.6. The summed E-state index contributed by atoms with van der Waals surface area (Å²) in [4.78, 5) is 25.1. The molecule has 0 spiro atoms. The molecular formula is C15H23N3O5S. The van der Waals surface area contributed by atoms with E-state index in [2.05, 4.69) is 5.32 Å². The maximum atomic E-state index is 12.3. The number of carbonyl (C=O) groups excluding carboxylic acids is 2. The first-order valence-electron chi connectivity index (χ1n) is 8.01. The Morgan fingerprint density at radius 3 is 2.54 bits per heavy atom. The number of hydrogen-bond acceptors (Lipinski definition) is 5. The molecule has 2 heterocycles. The quantitative estimate of drug-likeness (QED) is 0.756. The lowest BCUT2D eigenvalue weighted by Gasteiger charge is -2.33. The molecule has 2 amide bonds. The zero-order valence-corrected chi connectivity index (χ0v) is 14.5. The molecule has 1 N–H and O–H groups in total. The van der Waals surface area contributed by atoms with Gasteiger partial charge in [-0.1, -0.05) is 6.92 Å². The highest BCUT2D eigenvalue weighted by Crippen LogP contribution is 2.12. The molecule has 134 valence electrons. The molecule has 0 unspecified atom stereocenters. The molecule has 0 aliphatic carbocycles. The summed E-state index contributed by atoms with van der Waals surface area (Å²) in [6.45, 7) is 3.13. The highest BCUT2D eigenvalue weighted by Gasteiger charge is 2.29. The van der Waals surface area contributed by atoms with E-state index in [4.69, 9.17) is 4.42 Å². The monoisotopic (exact) mass is 357 g/mol. The third kappa shape index (κ3) is 4.81. The van der Waals surface area contributed by atoms with Crippen LogP contribution in [0.3, 0.4) is 0 Å². The maximum Gasteiger partial charge on any atom is 0.289 e. The third-order valence-corrected chi connectivity index (χ3v) is 5.68. The molecule has 1 aliphatic heterocycles. The van der Waals surface area contributed by atoms with E-state index in [0.29, 0.717) is 19.5 Å². The first kappa shape index (κ1) is 18.5. The maximum absolute atomic E-state index is 12.3. The first-order valence-corrected chi connectivity index (χ1v) is 9.62. The summed E-state index contributed by atoms with van der Waals surface area (Å²) in [6.07, 6.45) is 2.55. The number of rotatable bonds is 7. The van der Waals surface area contributed by atoms with Gasteiger partial charge in [0.25, 0.3) is 5.91 Å². The van der Waals surface area contributed by atoms with Crippen LogP contribution in [0.4, 0.5) is 0 Å². The van der Waals surface area contributed by atoms with Crippen molar-refractivity contribution in [3.8, 4) is 0 Å². The standard InChI is InChI=1S/C15H23N3O5S/c1-2-4-14(19)16-6-12-24(21,22)18-9-7-17(8-10-18)15(20)13-5-3-11-23-13/h3,5,11H,2,4,6-10,12H2,1H3,(H,16,19). The van der Waals surface area contributed by atoms with Crippen LogP contribution in [0.2, 0.25) is 0 Å². The van der Waals surface area contributed by atoms with E-state index in [9.17, 15) is 18.0 Å². The fourth-order valence-corrected chi connectivity index (χ4v) is 3.83. The molecule has 0 saturated carbocycles. The van der Waals surface area contributed by atoms with Crippen LogP contribution in [0.5, 0.6) is 0 Å². The molecule has 0 atom stereocenters. The second-order valence-corrected chi connectivity index (χ2v) is 7.67. The highest BCUT2D eigenvalue weighted by molar-refractivity contribution is 7.89. The van der Waals surface area contributed by atoms with E-state index in [1.807, 2.05) is 6.92 Å². The number of sulfonamides is 1.